The van der Waals surface area contributed by atoms with Gasteiger partial charge in [0.25, 0.3) is 0 Å². The van der Waals surface area contributed by atoms with E-state index in [0.717, 1.165) is 0 Å². The number of nitrogens with one attached hydrogen (secondary N) is 1. The Labute approximate surface area is 82.3 Å². The maximum absolute atomic E-state index is 11.5. The monoisotopic (exact) mass is 195 g/mol. The van der Waals surface area contributed by atoms with Crippen molar-refractivity contribution in [1.29, 1.82) is 0 Å². The Balaban J connectivity index is 2.68. The summed E-state index contributed by atoms with van der Waals surface area (Å²) in [6, 6.07) is 0. The van der Waals surface area contributed by atoms with Crippen LogP contribution in [0.1, 0.15) is 12.8 Å². The number of allylic oxidation sites excluding steroid dienone is 3. The second kappa shape index (κ2) is 4.09. The van der Waals surface area contributed by atoms with Crippen LogP contribution in [0.5, 0.6) is 0 Å². The van der Waals surface area contributed by atoms with Crippen LogP contribution in [0.4, 0.5) is 4.79 Å². The summed E-state index contributed by atoms with van der Waals surface area (Å²) in [4.78, 5) is 21.9. The maximum Gasteiger partial charge on any atom is 0.404 e. The molecule has 1 amide bonds. The van der Waals surface area contributed by atoms with Gasteiger partial charge in [0.2, 0.25) is 0 Å². The predicted molar refractivity (Wildman–Crippen MR) is 52.0 cm³/mol. The minimum atomic E-state index is -1.10. The van der Waals surface area contributed by atoms with Gasteiger partial charge in [-0.15, -0.1) is 6.58 Å². The smallest absolute Gasteiger partial charge is 0.404 e. The highest BCUT2D eigenvalue weighted by molar-refractivity contribution is 5.97. The molecular formula is C10H13NO3. The van der Waals surface area contributed by atoms with E-state index in [1.54, 1.807) is 12.2 Å². The minimum absolute atomic E-state index is 0.0221. The van der Waals surface area contributed by atoms with Crippen molar-refractivity contribution >= 4 is 11.9 Å². The molecule has 0 saturated carbocycles. The lowest BCUT2D eigenvalue weighted by atomic mass is 9.81. The molecule has 1 aliphatic rings. The fourth-order valence-corrected chi connectivity index (χ4v) is 1.61. The number of carboxylic acid groups (broad SMARTS) is 1. The Morgan fingerprint density at radius 2 is 2.50 bits per heavy atom. The molecule has 1 rings (SSSR count). The molecule has 0 fully saturated rings. The van der Waals surface area contributed by atoms with Gasteiger partial charge in [-0.2, -0.15) is 0 Å². The summed E-state index contributed by atoms with van der Waals surface area (Å²) in [7, 11) is 0. The average Bonchev–Trinajstić information content (AvgIpc) is 2.46. The molecule has 1 atom stereocenters. The normalized spacial score (nSPS) is 25.0. The molecule has 0 aromatic carbocycles. The summed E-state index contributed by atoms with van der Waals surface area (Å²) in [5, 5.41) is 10.7. The maximum atomic E-state index is 11.5. The highest BCUT2D eigenvalue weighted by Crippen LogP contribution is 2.33. The quantitative estimate of drug-likeness (QED) is 0.665. The fourth-order valence-electron chi connectivity index (χ4n) is 1.61. The third kappa shape index (κ3) is 2.02. The van der Waals surface area contributed by atoms with Gasteiger partial charge in [0, 0.05) is 6.54 Å². The van der Waals surface area contributed by atoms with E-state index in [1.807, 2.05) is 0 Å². The van der Waals surface area contributed by atoms with E-state index in [-0.39, 0.29) is 12.3 Å². The Bertz CT molecular complexity index is 296. The second-order valence-electron chi connectivity index (χ2n) is 3.40. The Kier molecular flexibility index (Phi) is 3.06. The first kappa shape index (κ1) is 10.5. The lowest BCUT2D eigenvalue weighted by Gasteiger charge is -2.25. The van der Waals surface area contributed by atoms with Crippen molar-refractivity contribution in [3.05, 3.63) is 24.8 Å². The first-order valence-electron chi connectivity index (χ1n) is 4.39. The molecular weight excluding hydrogens is 182 g/mol. The van der Waals surface area contributed by atoms with Crippen molar-refractivity contribution in [2.24, 2.45) is 5.41 Å². The first-order chi connectivity index (χ1) is 6.60. The summed E-state index contributed by atoms with van der Waals surface area (Å²) in [6.45, 7) is 3.73. The number of rotatable bonds is 4. The number of carbonyl (C=O) groups excluding carboxylic acids is 1. The molecule has 2 N–H and O–H groups in total. The van der Waals surface area contributed by atoms with Crippen LogP contribution in [0, 0.1) is 5.41 Å². The summed E-state index contributed by atoms with van der Waals surface area (Å²) in [5.41, 5.74) is -0.625. The highest BCUT2D eigenvalue weighted by Gasteiger charge is 2.37. The van der Waals surface area contributed by atoms with E-state index in [2.05, 4.69) is 11.9 Å². The second-order valence-corrected chi connectivity index (χ2v) is 3.40. The zero-order valence-electron chi connectivity index (χ0n) is 7.82. The number of carbonyl (C=O) groups is 2. The lowest BCUT2D eigenvalue weighted by Crippen LogP contribution is -2.39. The van der Waals surface area contributed by atoms with E-state index >= 15 is 0 Å². The van der Waals surface area contributed by atoms with E-state index < -0.39 is 11.5 Å². The van der Waals surface area contributed by atoms with Crippen molar-refractivity contribution in [2.75, 3.05) is 6.54 Å². The van der Waals surface area contributed by atoms with Gasteiger partial charge < -0.3 is 10.4 Å². The van der Waals surface area contributed by atoms with Gasteiger partial charge in [0.15, 0.2) is 5.78 Å². The third-order valence-electron chi connectivity index (χ3n) is 2.41. The molecule has 0 aromatic rings. The number of hydrogen-bond acceptors (Lipinski definition) is 2. The number of hydrogen-bond donors (Lipinski definition) is 2. The molecule has 0 heterocycles. The summed E-state index contributed by atoms with van der Waals surface area (Å²) in [5.74, 6) is -0.0221. The molecule has 14 heavy (non-hydrogen) atoms. The standard InChI is InChI=1S/C10H13NO3/c1-2-5-10(7-11-9(13)14)6-3-4-8(10)12/h2-4,11H,1,5-7H2,(H,13,14)/t10-/m0/s1. The van der Waals surface area contributed by atoms with Gasteiger partial charge in [0.1, 0.15) is 0 Å². The molecule has 0 radical (unpaired) electrons. The van der Waals surface area contributed by atoms with E-state index in [4.69, 9.17) is 5.11 Å². The van der Waals surface area contributed by atoms with Crippen LogP contribution in [-0.2, 0) is 4.79 Å². The highest BCUT2D eigenvalue weighted by atomic mass is 16.4. The summed E-state index contributed by atoms with van der Waals surface area (Å²) < 4.78 is 0. The van der Waals surface area contributed by atoms with Crippen LogP contribution < -0.4 is 5.32 Å². The van der Waals surface area contributed by atoms with Crippen molar-refractivity contribution in [1.82, 2.24) is 5.32 Å². The Hall–Kier alpha value is -1.58. The van der Waals surface area contributed by atoms with Crippen molar-refractivity contribution in [2.45, 2.75) is 12.8 Å². The van der Waals surface area contributed by atoms with E-state index in [1.165, 1.54) is 6.08 Å². The van der Waals surface area contributed by atoms with Gasteiger partial charge in [0.05, 0.1) is 5.41 Å². The van der Waals surface area contributed by atoms with Crippen molar-refractivity contribution < 1.29 is 14.7 Å². The topological polar surface area (TPSA) is 66.4 Å². The van der Waals surface area contributed by atoms with Crippen molar-refractivity contribution in [3.8, 4) is 0 Å². The molecule has 0 saturated heterocycles. The molecule has 0 aliphatic heterocycles. The van der Waals surface area contributed by atoms with Gasteiger partial charge >= 0.3 is 6.09 Å². The molecule has 1 aliphatic carbocycles. The van der Waals surface area contributed by atoms with Crippen LogP contribution in [0.25, 0.3) is 0 Å². The van der Waals surface area contributed by atoms with Crippen LogP contribution >= 0.6 is 0 Å². The Morgan fingerprint density at radius 3 is 2.93 bits per heavy atom. The zero-order valence-corrected chi connectivity index (χ0v) is 7.82. The fraction of sp³-hybridized carbons (Fsp3) is 0.400. The average molecular weight is 195 g/mol. The molecule has 0 aromatic heterocycles. The predicted octanol–water partition coefficient (Wildman–Crippen LogP) is 1.35. The van der Waals surface area contributed by atoms with Crippen LogP contribution in [0.2, 0.25) is 0 Å². The molecule has 0 unspecified atom stereocenters. The number of ketones is 1. The van der Waals surface area contributed by atoms with E-state index in [0.29, 0.717) is 12.8 Å². The van der Waals surface area contributed by atoms with Gasteiger partial charge in [-0.05, 0) is 18.9 Å². The SMILES string of the molecule is C=CC[C@@]1(CNC(=O)O)CC=CC1=O. The molecule has 4 heteroatoms. The minimum Gasteiger partial charge on any atom is -0.465 e. The first-order valence-corrected chi connectivity index (χ1v) is 4.39. The van der Waals surface area contributed by atoms with Gasteiger partial charge in [-0.1, -0.05) is 12.2 Å². The van der Waals surface area contributed by atoms with Crippen LogP contribution in [0.15, 0.2) is 24.8 Å². The van der Waals surface area contributed by atoms with Gasteiger partial charge in [-0.3, -0.25) is 4.79 Å². The zero-order chi connectivity index (χ0) is 10.6. The molecule has 4 nitrogen and oxygen atoms in total. The molecule has 0 spiro atoms. The molecule has 76 valence electrons. The summed E-state index contributed by atoms with van der Waals surface area (Å²) >= 11 is 0. The third-order valence-corrected chi connectivity index (χ3v) is 2.41. The van der Waals surface area contributed by atoms with Crippen molar-refractivity contribution in [3.63, 3.8) is 0 Å². The van der Waals surface area contributed by atoms with Crippen LogP contribution in [-0.4, -0.2) is 23.5 Å². The lowest BCUT2D eigenvalue weighted by molar-refractivity contribution is -0.122. The van der Waals surface area contributed by atoms with E-state index in [9.17, 15) is 9.59 Å². The summed E-state index contributed by atoms with van der Waals surface area (Å²) in [6.07, 6.45) is 4.90. The molecule has 0 bridgehead atoms. The number of amides is 1. The van der Waals surface area contributed by atoms with Crippen LogP contribution in [0.3, 0.4) is 0 Å². The Morgan fingerprint density at radius 1 is 1.79 bits per heavy atom. The largest absolute Gasteiger partial charge is 0.465 e. The van der Waals surface area contributed by atoms with Gasteiger partial charge in [-0.25, -0.2) is 4.79 Å².